The summed E-state index contributed by atoms with van der Waals surface area (Å²) in [5.41, 5.74) is 4.54. The van der Waals surface area contributed by atoms with Crippen LogP contribution in [0.1, 0.15) is 50.2 Å². The molecule has 2 aliphatic rings. The third kappa shape index (κ3) is 2.50. The van der Waals surface area contributed by atoms with E-state index in [0.29, 0.717) is 5.92 Å². The van der Waals surface area contributed by atoms with Gasteiger partial charge >= 0.3 is 0 Å². The Morgan fingerprint density at radius 2 is 2.00 bits per heavy atom. The Balaban J connectivity index is 1.88. The van der Waals surface area contributed by atoms with Gasteiger partial charge in [-0.3, -0.25) is 0 Å². The summed E-state index contributed by atoms with van der Waals surface area (Å²) >= 11 is 3.78. The van der Waals surface area contributed by atoms with Crippen molar-refractivity contribution in [2.24, 2.45) is 0 Å². The van der Waals surface area contributed by atoms with Crippen molar-refractivity contribution in [1.29, 1.82) is 0 Å². The van der Waals surface area contributed by atoms with E-state index in [1.165, 1.54) is 48.9 Å². The van der Waals surface area contributed by atoms with Gasteiger partial charge in [-0.2, -0.15) is 0 Å². The summed E-state index contributed by atoms with van der Waals surface area (Å²) < 4.78 is 1.31. The van der Waals surface area contributed by atoms with Crippen LogP contribution in [0.4, 0.5) is 5.69 Å². The zero-order chi connectivity index (χ0) is 14.1. The molecule has 3 rings (SSSR count). The molecular formula is C17H25BrN2. The number of halogens is 1. The molecule has 0 saturated carbocycles. The van der Waals surface area contributed by atoms with Crippen LogP contribution in [-0.2, 0) is 6.42 Å². The van der Waals surface area contributed by atoms with Gasteiger partial charge in [0.15, 0.2) is 0 Å². The highest BCUT2D eigenvalue weighted by Gasteiger charge is 2.35. The highest BCUT2D eigenvalue weighted by atomic mass is 79.9. The number of anilines is 1. The molecule has 1 aliphatic carbocycles. The Morgan fingerprint density at radius 3 is 2.70 bits per heavy atom. The molecule has 20 heavy (non-hydrogen) atoms. The summed E-state index contributed by atoms with van der Waals surface area (Å²) in [4.78, 5) is 2.72. The molecule has 110 valence electrons. The SMILES string of the molecule is CCCN(CCC)[C@H]1Cc2c(Br)ccc3c2[C@@H](CN3)C1. The summed E-state index contributed by atoms with van der Waals surface area (Å²) in [5, 5.41) is 3.59. The minimum absolute atomic E-state index is 0.715. The van der Waals surface area contributed by atoms with Gasteiger partial charge in [0.05, 0.1) is 0 Å². The lowest BCUT2D eigenvalue weighted by molar-refractivity contribution is 0.172. The quantitative estimate of drug-likeness (QED) is 0.857. The fraction of sp³-hybridized carbons (Fsp3) is 0.647. The van der Waals surface area contributed by atoms with E-state index < -0.39 is 0 Å². The van der Waals surface area contributed by atoms with Crippen LogP contribution in [0.15, 0.2) is 16.6 Å². The highest BCUT2D eigenvalue weighted by molar-refractivity contribution is 9.10. The van der Waals surface area contributed by atoms with Gasteiger partial charge in [-0.05, 0) is 62.0 Å². The van der Waals surface area contributed by atoms with Crippen molar-refractivity contribution in [3.63, 3.8) is 0 Å². The van der Waals surface area contributed by atoms with E-state index in [4.69, 9.17) is 0 Å². The average molecular weight is 337 g/mol. The predicted molar refractivity (Wildman–Crippen MR) is 89.6 cm³/mol. The molecule has 1 N–H and O–H groups in total. The maximum absolute atomic E-state index is 3.78. The average Bonchev–Trinajstić information content (AvgIpc) is 2.86. The lowest BCUT2D eigenvalue weighted by Crippen LogP contribution is -2.41. The Labute approximate surface area is 131 Å². The molecule has 1 aliphatic heterocycles. The predicted octanol–water partition coefficient (Wildman–Crippen LogP) is 4.40. The van der Waals surface area contributed by atoms with Crippen molar-refractivity contribution in [2.45, 2.75) is 51.5 Å². The molecule has 0 bridgehead atoms. The van der Waals surface area contributed by atoms with Crippen molar-refractivity contribution in [3.05, 3.63) is 27.7 Å². The second-order valence-corrected chi connectivity index (χ2v) is 7.05. The number of rotatable bonds is 5. The standard InChI is InChI=1S/C17H25BrN2/c1-3-7-20(8-4-2)13-9-12-11-19-16-6-5-15(18)14(10-13)17(12)16/h5-6,12-13,19H,3-4,7-11H2,1-2H3/t12-,13-/m1/s1. The molecule has 0 aromatic heterocycles. The summed E-state index contributed by atoms with van der Waals surface area (Å²) in [6.07, 6.45) is 5.05. The smallest absolute Gasteiger partial charge is 0.0380 e. The van der Waals surface area contributed by atoms with E-state index in [2.05, 4.69) is 52.1 Å². The van der Waals surface area contributed by atoms with Gasteiger partial charge in [-0.15, -0.1) is 0 Å². The lowest BCUT2D eigenvalue weighted by Gasteiger charge is -2.37. The highest BCUT2D eigenvalue weighted by Crippen LogP contribution is 2.45. The van der Waals surface area contributed by atoms with Crippen LogP contribution in [0.3, 0.4) is 0 Å². The Bertz CT molecular complexity index is 480. The first-order valence-electron chi connectivity index (χ1n) is 8.03. The minimum atomic E-state index is 0.715. The van der Waals surface area contributed by atoms with E-state index in [9.17, 15) is 0 Å². The molecule has 2 nitrogen and oxygen atoms in total. The molecule has 0 fully saturated rings. The lowest BCUT2D eigenvalue weighted by atomic mass is 9.80. The topological polar surface area (TPSA) is 15.3 Å². The van der Waals surface area contributed by atoms with Crippen molar-refractivity contribution in [1.82, 2.24) is 4.90 Å². The van der Waals surface area contributed by atoms with Gasteiger partial charge in [0.1, 0.15) is 0 Å². The Kier molecular flexibility index (Phi) is 4.37. The number of benzene rings is 1. The molecule has 0 spiro atoms. The summed E-state index contributed by atoms with van der Waals surface area (Å²) in [7, 11) is 0. The van der Waals surface area contributed by atoms with Gasteiger partial charge < -0.3 is 10.2 Å². The number of nitrogens with zero attached hydrogens (tertiary/aromatic N) is 1. The molecular weight excluding hydrogens is 312 g/mol. The maximum Gasteiger partial charge on any atom is 0.0380 e. The van der Waals surface area contributed by atoms with Crippen LogP contribution >= 0.6 is 15.9 Å². The van der Waals surface area contributed by atoms with Gasteiger partial charge in [0, 0.05) is 28.7 Å². The Morgan fingerprint density at radius 1 is 1.25 bits per heavy atom. The normalized spacial score (nSPS) is 23.8. The minimum Gasteiger partial charge on any atom is -0.384 e. The molecule has 0 unspecified atom stereocenters. The summed E-state index contributed by atoms with van der Waals surface area (Å²) in [5.74, 6) is 0.715. The van der Waals surface area contributed by atoms with Crippen LogP contribution in [-0.4, -0.2) is 30.6 Å². The van der Waals surface area contributed by atoms with Crippen molar-refractivity contribution >= 4 is 21.6 Å². The van der Waals surface area contributed by atoms with Crippen molar-refractivity contribution in [3.8, 4) is 0 Å². The first-order valence-corrected chi connectivity index (χ1v) is 8.83. The van der Waals surface area contributed by atoms with Crippen LogP contribution in [0.5, 0.6) is 0 Å². The van der Waals surface area contributed by atoms with Crippen LogP contribution < -0.4 is 5.32 Å². The van der Waals surface area contributed by atoms with Crippen LogP contribution in [0, 0.1) is 0 Å². The van der Waals surface area contributed by atoms with Crippen LogP contribution in [0.2, 0.25) is 0 Å². The fourth-order valence-electron chi connectivity index (χ4n) is 3.98. The summed E-state index contributed by atoms with van der Waals surface area (Å²) in [6.45, 7) is 8.20. The van der Waals surface area contributed by atoms with Gasteiger partial charge in [0.25, 0.3) is 0 Å². The summed E-state index contributed by atoms with van der Waals surface area (Å²) in [6, 6.07) is 5.17. The maximum atomic E-state index is 3.78. The largest absolute Gasteiger partial charge is 0.384 e. The molecule has 0 amide bonds. The third-order valence-electron chi connectivity index (χ3n) is 4.78. The molecule has 2 atom stereocenters. The first kappa shape index (κ1) is 14.4. The van der Waals surface area contributed by atoms with Gasteiger partial charge in [0.2, 0.25) is 0 Å². The zero-order valence-corrected chi connectivity index (χ0v) is 14.2. The van der Waals surface area contributed by atoms with E-state index in [1.807, 2.05) is 0 Å². The monoisotopic (exact) mass is 336 g/mol. The van der Waals surface area contributed by atoms with Gasteiger partial charge in [-0.1, -0.05) is 29.8 Å². The van der Waals surface area contributed by atoms with Crippen molar-refractivity contribution < 1.29 is 0 Å². The van der Waals surface area contributed by atoms with Crippen molar-refractivity contribution in [2.75, 3.05) is 25.0 Å². The van der Waals surface area contributed by atoms with E-state index >= 15 is 0 Å². The first-order chi connectivity index (χ1) is 9.74. The van der Waals surface area contributed by atoms with E-state index in [1.54, 1.807) is 11.1 Å². The van der Waals surface area contributed by atoms with Gasteiger partial charge in [-0.25, -0.2) is 0 Å². The zero-order valence-electron chi connectivity index (χ0n) is 12.6. The molecule has 1 heterocycles. The number of nitrogens with one attached hydrogen (secondary N) is 1. The molecule has 3 heteroatoms. The molecule has 1 aromatic carbocycles. The molecule has 1 aromatic rings. The fourth-order valence-corrected chi connectivity index (χ4v) is 4.49. The Hall–Kier alpha value is -0.540. The van der Waals surface area contributed by atoms with E-state index in [0.717, 1.165) is 12.6 Å². The van der Waals surface area contributed by atoms with E-state index in [-0.39, 0.29) is 0 Å². The second-order valence-electron chi connectivity index (χ2n) is 6.19. The second kappa shape index (κ2) is 6.07. The van der Waals surface area contributed by atoms with Crippen LogP contribution in [0.25, 0.3) is 0 Å². The number of hydrogen-bond donors (Lipinski definition) is 1. The third-order valence-corrected chi connectivity index (χ3v) is 5.52. The molecule has 0 radical (unpaired) electrons. The number of hydrogen-bond acceptors (Lipinski definition) is 2. The molecule has 0 saturated heterocycles.